The molecule has 2 aromatic carbocycles. The van der Waals surface area contributed by atoms with E-state index in [0.717, 1.165) is 5.56 Å². The number of nitrogens with zero attached hydrogens (tertiary/aromatic N) is 2. The lowest BCUT2D eigenvalue weighted by Gasteiger charge is -2.31. The van der Waals surface area contributed by atoms with Crippen LogP contribution in [-0.4, -0.2) is 75.2 Å². The summed E-state index contributed by atoms with van der Waals surface area (Å²) in [6.07, 6.45) is 0. The van der Waals surface area contributed by atoms with Crippen molar-refractivity contribution in [1.82, 2.24) is 9.80 Å². The van der Waals surface area contributed by atoms with Crippen LogP contribution in [0, 0.1) is 5.92 Å². The van der Waals surface area contributed by atoms with Gasteiger partial charge in [0.05, 0.1) is 33.4 Å². The number of carbonyl (C=O) groups is 2. The summed E-state index contributed by atoms with van der Waals surface area (Å²) in [4.78, 5) is 30.3. The number of ether oxygens (including phenoxy) is 3. The van der Waals surface area contributed by atoms with Crippen LogP contribution < -0.4 is 9.47 Å². The summed E-state index contributed by atoms with van der Waals surface area (Å²) in [7, 11) is 3.23. The highest BCUT2D eigenvalue weighted by molar-refractivity contribution is 5.95. The SMILES string of the molecule is COc1ccc(OC)c(C2CN(C(=O)c3ccccc3)CC2C(=O)N2CCOCC2)c1. The molecule has 2 atom stereocenters. The lowest BCUT2D eigenvalue weighted by Crippen LogP contribution is -2.45. The molecule has 2 fully saturated rings. The average Bonchev–Trinajstić information content (AvgIpc) is 3.29. The summed E-state index contributed by atoms with van der Waals surface area (Å²) in [5.41, 5.74) is 1.51. The molecule has 0 radical (unpaired) electrons. The number of morpholine rings is 1. The standard InChI is InChI=1S/C24H28N2O5/c1-29-18-8-9-22(30-2)19(14-18)20-15-26(23(27)17-6-4-3-5-7-17)16-21(20)24(28)25-10-12-31-13-11-25/h3-9,14,20-21H,10-13,15-16H2,1-2H3. The maximum absolute atomic E-state index is 13.5. The van der Waals surface area contributed by atoms with E-state index in [1.165, 1.54) is 0 Å². The second kappa shape index (κ2) is 9.39. The molecule has 2 unspecified atom stereocenters. The Kier molecular flexibility index (Phi) is 6.42. The van der Waals surface area contributed by atoms with Crippen molar-refractivity contribution in [3.8, 4) is 11.5 Å². The predicted molar refractivity (Wildman–Crippen MR) is 116 cm³/mol. The molecule has 2 aromatic rings. The first-order valence-electron chi connectivity index (χ1n) is 10.5. The summed E-state index contributed by atoms with van der Waals surface area (Å²) < 4.78 is 16.4. The van der Waals surface area contributed by atoms with Gasteiger partial charge in [0.15, 0.2) is 0 Å². The third kappa shape index (κ3) is 4.37. The topological polar surface area (TPSA) is 68.3 Å². The Labute approximate surface area is 182 Å². The minimum Gasteiger partial charge on any atom is -0.497 e. The van der Waals surface area contributed by atoms with Crippen molar-refractivity contribution >= 4 is 11.8 Å². The fourth-order valence-electron chi connectivity index (χ4n) is 4.45. The highest BCUT2D eigenvalue weighted by atomic mass is 16.5. The Hall–Kier alpha value is -3.06. The Morgan fingerprint density at radius 3 is 2.35 bits per heavy atom. The highest BCUT2D eigenvalue weighted by Gasteiger charge is 2.43. The van der Waals surface area contributed by atoms with E-state index in [0.29, 0.717) is 56.5 Å². The van der Waals surface area contributed by atoms with Crippen molar-refractivity contribution < 1.29 is 23.8 Å². The number of benzene rings is 2. The third-order valence-corrected chi connectivity index (χ3v) is 6.10. The Morgan fingerprint density at radius 2 is 1.68 bits per heavy atom. The van der Waals surface area contributed by atoms with E-state index in [4.69, 9.17) is 14.2 Å². The third-order valence-electron chi connectivity index (χ3n) is 6.10. The number of amides is 2. The van der Waals surface area contributed by atoms with Crippen LogP contribution in [0.5, 0.6) is 11.5 Å². The van der Waals surface area contributed by atoms with Gasteiger partial charge in [0.2, 0.25) is 5.91 Å². The van der Waals surface area contributed by atoms with E-state index >= 15 is 0 Å². The zero-order chi connectivity index (χ0) is 21.8. The van der Waals surface area contributed by atoms with E-state index in [1.54, 1.807) is 31.3 Å². The number of hydrogen-bond acceptors (Lipinski definition) is 5. The fraction of sp³-hybridized carbons (Fsp3) is 0.417. The van der Waals surface area contributed by atoms with Crippen molar-refractivity contribution in [2.45, 2.75) is 5.92 Å². The van der Waals surface area contributed by atoms with E-state index in [9.17, 15) is 9.59 Å². The minimum absolute atomic E-state index is 0.0570. The Bertz CT molecular complexity index is 927. The number of carbonyl (C=O) groups excluding carboxylic acids is 2. The van der Waals surface area contributed by atoms with Gasteiger partial charge in [0, 0.05) is 43.2 Å². The minimum atomic E-state index is -0.355. The van der Waals surface area contributed by atoms with Gasteiger partial charge in [0.25, 0.3) is 5.91 Å². The number of likely N-dealkylation sites (tertiary alicyclic amines) is 1. The lowest BCUT2D eigenvalue weighted by atomic mass is 9.87. The monoisotopic (exact) mass is 424 g/mol. The molecule has 0 N–H and O–H groups in total. The highest BCUT2D eigenvalue weighted by Crippen LogP contribution is 2.40. The normalized spacial score (nSPS) is 21.1. The van der Waals surface area contributed by atoms with E-state index in [1.807, 2.05) is 41.3 Å². The van der Waals surface area contributed by atoms with Gasteiger partial charge in [-0.25, -0.2) is 0 Å². The Balaban J connectivity index is 1.68. The molecule has 0 bridgehead atoms. The molecule has 0 saturated carbocycles. The van der Waals surface area contributed by atoms with Gasteiger partial charge in [-0.15, -0.1) is 0 Å². The molecular weight excluding hydrogens is 396 g/mol. The van der Waals surface area contributed by atoms with Gasteiger partial charge in [-0.1, -0.05) is 18.2 Å². The fourth-order valence-corrected chi connectivity index (χ4v) is 4.45. The number of hydrogen-bond donors (Lipinski definition) is 0. The summed E-state index contributed by atoms with van der Waals surface area (Å²) in [5, 5.41) is 0. The molecule has 7 nitrogen and oxygen atoms in total. The van der Waals surface area contributed by atoms with E-state index < -0.39 is 0 Å². The van der Waals surface area contributed by atoms with Crippen LogP contribution in [-0.2, 0) is 9.53 Å². The summed E-state index contributed by atoms with van der Waals surface area (Å²) in [5.74, 6) is 0.840. The van der Waals surface area contributed by atoms with Gasteiger partial charge in [-0.05, 0) is 30.3 Å². The molecule has 7 heteroatoms. The quantitative estimate of drug-likeness (QED) is 0.738. The van der Waals surface area contributed by atoms with E-state index in [2.05, 4.69) is 0 Å². The molecule has 2 amide bonds. The molecule has 0 spiro atoms. The van der Waals surface area contributed by atoms with E-state index in [-0.39, 0.29) is 23.7 Å². The van der Waals surface area contributed by atoms with Crippen LogP contribution in [0.4, 0.5) is 0 Å². The van der Waals surface area contributed by atoms with Crippen LogP contribution in [0.1, 0.15) is 21.8 Å². The van der Waals surface area contributed by atoms with Crippen LogP contribution in [0.25, 0.3) is 0 Å². The van der Waals surface area contributed by atoms with Crippen LogP contribution >= 0.6 is 0 Å². The largest absolute Gasteiger partial charge is 0.497 e. The first kappa shape index (κ1) is 21.2. The predicted octanol–water partition coefficient (Wildman–Crippen LogP) is 2.42. The Morgan fingerprint density at radius 1 is 0.935 bits per heavy atom. The van der Waals surface area contributed by atoms with Crippen LogP contribution in [0.15, 0.2) is 48.5 Å². The first-order valence-corrected chi connectivity index (χ1v) is 10.5. The molecule has 164 valence electrons. The van der Waals surface area contributed by atoms with Gasteiger partial charge in [-0.2, -0.15) is 0 Å². The van der Waals surface area contributed by atoms with Gasteiger partial charge < -0.3 is 24.0 Å². The van der Waals surface area contributed by atoms with Crippen LogP contribution in [0.3, 0.4) is 0 Å². The molecule has 0 aliphatic carbocycles. The smallest absolute Gasteiger partial charge is 0.253 e. The van der Waals surface area contributed by atoms with Gasteiger partial charge in [0.1, 0.15) is 11.5 Å². The van der Waals surface area contributed by atoms with Crippen LogP contribution in [0.2, 0.25) is 0 Å². The summed E-state index contributed by atoms with van der Waals surface area (Å²) in [6, 6.07) is 14.8. The molecule has 31 heavy (non-hydrogen) atoms. The number of methoxy groups -OCH3 is 2. The molecule has 2 aliphatic heterocycles. The molecule has 2 aliphatic rings. The van der Waals surface area contributed by atoms with Gasteiger partial charge >= 0.3 is 0 Å². The van der Waals surface area contributed by atoms with Crippen molar-refractivity contribution in [3.63, 3.8) is 0 Å². The molecular formula is C24H28N2O5. The van der Waals surface area contributed by atoms with Crippen molar-refractivity contribution in [3.05, 3.63) is 59.7 Å². The molecule has 2 saturated heterocycles. The van der Waals surface area contributed by atoms with Crippen molar-refractivity contribution in [2.24, 2.45) is 5.92 Å². The summed E-state index contributed by atoms with van der Waals surface area (Å²) >= 11 is 0. The van der Waals surface area contributed by atoms with Crippen molar-refractivity contribution in [1.29, 1.82) is 0 Å². The maximum Gasteiger partial charge on any atom is 0.253 e. The molecule has 2 heterocycles. The number of rotatable bonds is 5. The second-order valence-electron chi connectivity index (χ2n) is 7.83. The van der Waals surface area contributed by atoms with Gasteiger partial charge in [-0.3, -0.25) is 9.59 Å². The zero-order valence-corrected chi connectivity index (χ0v) is 18.0. The molecule has 0 aromatic heterocycles. The zero-order valence-electron chi connectivity index (χ0n) is 18.0. The lowest BCUT2D eigenvalue weighted by molar-refractivity contribution is -0.139. The van der Waals surface area contributed by atoms with Crippen molar-refractivity contribution in [2.75, 3.05) is 53.6 Å². The average molecular weight is 424 g/mol. The second-order valence-corrected chi connectivity index (χ2v) is 7.83. The summed E-state index contributed by atoms with van der Waals surface area (Å²) in [6.45, 7) is 3.04. The maximum atomic E-state index is 13.5. The first-order chi connectivity index (χ1) is 15.1. The molecule has 4 rings (SSSR count).